The minimum absolute atomic E-state index is 0.238. The van der Waals surface area contributed by atoms with E-state index < -0.39 is 0 Å². The number of benzene rings is 1. The minimum atomic E-state index is 0.238. The highest BCUT2D eigenvalue weighted by molar-refractivity contribution is 6.06. The molecule has 0 spiro atoms. The maximum atomic E-state index is 12.1. The molecule has 0 aromatic heterocycles. The number of hydrogen-bond acceptors (Lipinski definition) is 1. The van der Waals surface area contributed by atoms with Crippen LogP contribution >= 0.6 is 0 Å². The summed E-state index contributed by atoms with van der Waals surface area (Å²) in [6, 6.07) is 10.4. The fraction of sp³-hybridized carbons (Fsp3) is 0.158. The molecule has 96 valence electrons. The number of rotatable bonds is 1. The summed E-state index contributed by atoms with van der Waals surface area (Å²) < 4.78 is 0. The Morgan fingerprint density at radius 3 is 2.75 bits per heavy atom. The number of Topliss-reactive ketones (excluding diaryl/α,β-unsaturated/α-hetero) is 1. The number of carbonyl (C=O) groups excluding carboxylic acids is 1. The highest BCUT2D eigenvalue weighted by Gasteiger charge is 2.33. The van der Waals surface area contributed by atoms with Crippen LogP contribution in [0.5, 0.6) is 0 Å². The van der Waals surface area contributed by atoms with Gasteiger partial charge in [-0.25, -0.2) is 0 Å². The van der Waals surface area contributed by atoms with Crippen LogP contribution in [-0.2, 0) is 4.79 Å². The number of ketones is 1. The van der Waals surface area contributed by atoms with Crippen LogP contribution in [0.25, 0.3) is 5.57 Å². The van der Waals surface area contributed by atoms with E-state index in [9.17, 15) is 4.79 Å². The Morgan fingerprint density at radius 1 is 1.05 bits per heavy atom. The molecule has 1 unspecified atom stereocenters. The Kier molecular flexibility index (Phi) is 2.48. The summed E-state index contributed by atoms with van der Waals surface area (Å²) in [5.41, 5.74) is 9.00. The van der Waals surface area contributed by atoms with Gasteiger partial charge >= 0.3 is 0 Å². The molecule has 4 rings (SSSR count). The molecule has 1 aromatic rings. The van der Waals surface area contributed by atoms with E-state index in [1.54, 1.807) is 0 Å². The third-order valence-electron chi connectivity index (χ3n) is 4.20. The van der Waals surface area contributed by atoms with Gasteiger partial charge in [-0.1, -0.05) is 54.6 Å². The number of carbonyl (C=O) groups is 1. The van der Waals surface area contributed by atoms with E-state index in [-0.39, 0.29) is 11.7 Å². The second-order valence-electron chi connectivity index (χ2n) is 5.36. The van der Waals surface area contributed by atoms with E-state index in [1.165, 1.54) is 16.7 Å². The zero-order valence-corrected chi connectivity index (χ0v) is 11.1. The molecule has 0 heterocycles. The zero-order valence-electron chi connectivity index (χ0n) is 11.1. The standard InChI is InChI=1S/C19H14O/c20-18-11-10-16-17(18)12-14-8-4-5-9-15(14)19(16)13-6-2-1-3-7-13/h1-9,15H,10-11H2. The van der Waals surface area contributed by atoms with Gasteiger partial charge in [-0.15, -0.1) is 5.73 Å². The quantitative estimate of drug-likeness (QED) is 0.695. The Balaban J connectivity index is 2.00. The lowest BCUT2D eigenvalue weighted by molar-refractivity contribution is -0.114. The lowest BCUT2D eigenvalue weighted by Gasteiger charge is -2.25. The summed E-state index contributed by atoms with van der Waals surface area (Å²) in [7, 11) is 0. The van der Waals surface area contributed by atoms with Crippen LogP contribution in [0, 0.1) is 5.92 Å². The summed E-state index contributed by atoms with van der Waals surface area (Å²) in [6.45, 7) is 0. The van der Waals surface area contributed by atoms with Crippen molar-refractivity contribution in [2.75, 3.05) is 0 Å². The van der Waals surface area contributed by atoms with E-state index in [1.807, 2.05) is 12.1 Å². The summed E-state index contributed by atoms with van der Waals surface area (Å²) in [5.74, 6) is 0.481. The first-order valence-corrected chi connectivity index (χ1v) is 7.02. The van der Waals surface area contributed by atoms with Crippen molar-refractivity contribution in [1.29, 1.82) is 0 Å². The molecule has 20 heavy (non-hydrogen) atoms. The molecule has 1 aromatic carbocycles. The smallest absolute Gasteiger partial charge is 0.171 e. The summed E-state index contributed by atoms with van der Waals surface area (Å²) >= 11 is 0. The predicted octanol–water partition coefficient (Wildman–Crippen LogP) is 4.01. The highest BCUT2D eigenvalue weighted by atomic mass is 16.1. The van der Waals surface area contributed by atoms with Crippen molar-refractivity contribution < 1.29 is 4.79 Å². The van der Waals surface area contributed by atoms with Crippen molar-refractivity contribution in [2.45, 2.75) is 12.8 Å². The van der Waals surface area contributed by atoms with Crippen LogP contribution in [0.1, 0.15) is 18.4 Å². The first-order valence-electron chi connectivity index (χ1n) is 7.02. The average molecular weight is 258 g/mol. The molecule has 0 saturated heterocycles. The fourth-order valence-electron chi connectivity index (χ4n) is 3.29. The van der Waals surface area contributed by atoms with Gasteiger partial charge in [-0.3, -0.25) is 4.79 Å². The Labute approximate surface area is 118 Å². The van der Waals surface area contributed by atoms with Gasteiger partial charge in [-0.05, 0) is 23.1 Å². The molecule has 1 nitrogen and oxygen atoms in total. The van der Waals surface area contributed by atoms with E-state index in [0.717, 1.165) is 17.6 Å². The normalized spacial score (nSPS) is 23.4. The predicted molar refractivity (Wildman–Crippen MR) is 79.9 cm³/mol. The first kappa shape index (κ1) is 11.5. The Hall–Kier alpha value is -2.37. The van der Waals surface area contributed by atoms with Crippen molar-refractivity contribution in [3.05, 3.63) is 82.6 Å². The van der Waals surface area contributed by atoms with Gasteiger partial charge in [0, 0.05) is 17.9 Å². The van der Waals surface area contributed by atoms with Crippen LogP contribution in [0.4, 0.5) is 0 Å². The average Bonchev–Trinajstić information content (AvgIpc) is 2.87. The monoisotopic (exact) mass is 258 g/mol. The number of allylic oxidation sites excluding steroid dienone is 7. The van der Waals surface area contributed by atoms with E-state index >= 15 is 0 Å². The minimum Gasteiger partial charge on any atom is -0.293 e. The molecule has 1 saturated carbocycles. The maximum absolute atomic E-state index is 12.1. The molecule has 0 bridgehead atoms. The Morgan fingerprint density at radius 2 is 1.90 bits per heavy atom. The highest BCUT2D eigenvalue weighted by Crippen LogP contribution is 2.44. The van der Waals surface area contributed by atoms with Crippen molar-refractivity contribution >= 4 is 11.4 Å². The molecular weight excluding hydrogens is 244 g/mol. The SMILES string of the molecule is O=C1CCC2=C(c3ccccc3)C3C=CC=CC3=C=C12. The molecule has 3 aliphatic carbocycles. The van der Waals surface area contributed by atoms with Gasteiger partial charge in [0.25, 0.3) is 0 Å². The van der Waals surface area contributed by atoms with Crippen molar-refractivity contribution in [3.8, 4) is 0 Å². The van der Waals surface area contributed by atoms with Gasteiger partial charge in [0.2, 0.25) is 0 Å². The molecule has 0 aliphatic heterocycles. The second-order valence-corrected chi connectivity index (χ2v) is 5.36. The van der Waals surface area contributed by atoms with Gasteiger partial charge in [0.05, 0.1) is 5.57 Å². The number of hydrogen-bond donors (Lipinski definition) is 0. The van der Waals surface area contributed by atoms with Gasteiger partial charge in [0.15, 0.2) is 5.78 Å². The van der Waals surface area contributed by atoms with Gasteiger partial charge in [0.1, 0.15) is 0 Å². The summed E-state index contributed by atoms with van der Waals surface area (Å²) in [4.78, 5) is 12.1. The van der Waals surface area contributed by atoms with Crippen LogP contribution in [0.3, 0.4) is 0 Å². The van der Waals surface area contributed by atoms with Crippen molar-refractivity contribution in [3.63, 3.8) is 0 Å². The molecule has 1 atom stereocenters. The third kappa shape index (κ3) is 1.61. The van der Waals surface area contributed by atoms with Gasteiger partial charge < -0.3 is 0 Å². The van der Waals surface area contributed by atoms with Gasteiger partial charge in [-0.2, -0.15) is 0 Å². The second kappa shape index (κ2) is 4.33. The molecule has 1 heteroatoms. The Bertz CT molecular complexity index is 750. The molecule has 1 fully saturated rings. The van der Waals surface area contributed by atoms with E-state index in [4.69, 9.17) is 0 Å². The topological polar surface area (TPSA) is 17.1 Å². The van der Waals surface area contributed by atoms with Crippen molar-refractivity contribution in [1.82, 2.24) is 0 Å². The molecule has 3 aliphatic rings. The van der Waals surface area contributed by atoms with Crippen LogP contribution < -0.4 is 0 Å². The maximum Gasteiger partial charge on any atom is 0.171 e. The van der Waals surface area contributed by atoms with Crippen LogP contribution in [0.2, 0.25) is 0 Å². The van der Waals surface area contributed by atoms with E-state index in [2.05, 4.69) is 48.2 Å². The third-order valence-corrected chi connectivity index (χ3v) is 4.20. The first-order chi connectivity index (χ1) is 9.84. The molecule has 0 radical (unpaired) electrons. The van der Waals surface area contributed by atoms with Crippen molar-refractivity contribution in [2.24, 2.45) is 5.92 Å². The summed E-state index contributed by atoms with van der Waals surface area (Å²) in [6.07, 6.45) is 9.86. The molecule has 0 N–H and O–H groups in total. The summed E-state index contributed by atoms with van der Waals surface area (Å²) in [5, 5.41) is 0. The molecule has 0 amide bonds. The van der Waals surface area contributed by atoms with Crippen LogP contribution in [0.15, 0.2) is 77.1 Å². The molecular formula is C19H14O. The van der Waals surface area contributed by atoms with Crippen LogP contribution in [-0.4, -0.2) is 5.78 Å². The zero-order chi connectivity index (χ0) is 13.5. The fourth-order valence-corrected chi connectivity index (χ4v) is 3.29. The largest absolute Gasteiger partial charge is 0.293 e. The number of fused-ring (bicyclic) bond motifs is 2. The lowest BCUT2D eigenvalue weighted by atomic mass is 9.77. The lowest BCUT2D eigenvalue weighted by Crippen LogP contribution is -2.11. The van der Waals surface area contributed by atoms with E-state index in [0.29, 0.717) is 6.42 Å².